The number of aromatic amines is 1. The summed E-state index contributed by atoms with van der Waals surface area (Å²) in [5.74, 6) is -0.766. The standard InChI is InChI=1S/C7H4ClFN4.C7H3ClFN/c8-4-1-2-6(9)5(3-4)7-10-12-13-11-7;8-6-1-2-7(9)5(3-6)4-10/h1-3H,(H,10,11,12,13);1-3H. The summed E-state index contributed by atoms with van der Waals surface area (Å²) in [6, 6.07) is 9.70. The van der Waals surface area contributed by atoms with Gasteiger partial charge in [-0.15, -0.1) is 10.2 Å². The largest absolute Gasteiger partial charge is 0.207 e. The van der Waals surface area contributed by atoms with Gasteiger partial charge in [-0.05, 0) is 41.6 Å². The quantitative estimate of drug-likeness (QED) is 0.716. The summed E-state index contributed by atoms with van der Waals surface area (Å²) in [5, 5.41) is 21.9. The molecule has 3 aromatic rings. The van der Waals surface area contributed by atoms with E-state index >= 15 is 0 Å². The second-order valence-corrected chi connectivity index (χ2v) is 4.97. The number of hydrogen-bond donors (Lipinski definition) is 1. The number of nitriles is 1. The fourth-order valence-corrected chi connectivity index (χ4v) is 1.87. The van der Waals surface area contributed by atoms with Crippen LogP contribution in [0.4, 0.5) is 8.78 Å². The van der Waals surface area contributed by atoms with E-state index in [0.29, 0.717) is 10.0 Å². The second-order valence-electron chi connectivity index (χ2n) is 4.10. The molecule has 0 bridgehead atoms. The SMILES string of the molecule is Fc1ccc(Cl)cc1-c1nn[nH]n1.N#Cc1cc(Cl)ccc1F. The van der Waals surface area contributed by atoms with Gasteiger partial charge < -0.3 is 0 Å². The van der Waals surface area contributed by atoms with Gasteiger partial charge in [-0.3, -0.25) is 0 Å². The molecule has 0 aliphatic heterocycles. The lowest BCUT2D eigenvalue weighted by atomic mass is 10.2. The van der Waals surface area contributed by atoms with Crippen LogP contribution in [-0.2, 0) is 0 Å². The van der Waals surface area contributed by atoms with Crippen LogP contribution in [0.25, 0.3) is 11.4 Å². The van der Waals surface area contributed by atoms with Crippen molar-refractivity contribution in [3.05, 3.63) is 63.6 Å². The first-order valence-electron chi connectivity index (χ1n) is 6.05. The van der Waals surface area contributed by atoms with Gasteiger partial charge in [0.1, 0.15) is 17.7 Å². The van der Waals surface area contributed by atoms with Crippen molar-refractivity contribution >= 4 is 23.2 Å². The topological polar surface area (TPSA) is 78.2 Å². The Balaban J connectivity index is 0.000000174. The highest BCUT2D eigenvalue weighted by Crippen LogP contribution is 2.21. The molecule has 0 atom stereocenters. The average molecular weight is 354 g/mol. The molecule has 9 heteroatoms. The van der Waals surface area contributed by atoms with Crippen molar-refractivity contribution in [2.24, 2.45) is 0 Å². The summed E-state index contributed by atoms with van der Waals surface area (Å²) in [4.78, 5) is 0. The predicted molar refractivity (Wildman–Crippen MR) is 80.7 cm³/mol. The smallest absolute Gasteiger partial charge is 0.206 e. The van der Waals surface area contributed by atoms with Gasteiger partial charge in [-0.2, -0.15) is 10.5 Å². The van der Waals surface area contributed by atoms with E-state index in [9.17, 15) is 8.78 Å². The summed E-state index contributed by atoms with van der Waals surface area (Å²) in [6.45, 7) is 0. The van der Waals surface area contributed by atoms with Gasteiger partial charge in [-0.25, -0.2) is 8.78 Å². The molecule has 3 rings (SSSR count). The highest BCUT2D eigenvalue weighted by molar-refractivity contribution is 6.31. The van der Waals surface area contributed by atoms with Gasteiger partial charge in [-0.1, -0.05) is 23.2 Å². The maximum atomic E-state index is 13.2. The van der Waals surface area contributed by atoms with Gasteiger partial charge in [0.05, 0.1) is 11.1 Å². The van der Waals surface area contributed by atoms with Crippen LogP contribution in [-0.4, -0.2) is 20.6 Å². The maximum absolute atomic E-state index is 13.2. The third kappa shape index (κ3) is 4.45. The van der Waals surface area contributed by atoms with Crippen LogP contribution in [0.5, 0.6) is 0 Å². The molecule has 1 N–H and O–H groups in total. The first kappa shape index (κ1) is 16.8. The van der Waals surface area contributed by atoms with Gasteiger partial charge in [0.15, 0.2) is 0 Å². The summed E-state index contributed by atoms with van der Waals surface area (Å²) < 4.78 is 25.6. The fraction of sp³-hybridized carbons (Fsp3) is 0. The van der Waals surface area contributed by atoms with Crippen molar-refractivity contribution in [1.82, 2.24) is 20.6 Å². The van der Waals surface area contributed by atoms with Gasteiger partial charge >= 0.3 is 0 Å². The average Bonchev–Trinajstić information content (AvgIpc) is 3.07. The number of rotatable bonds is 1. The van der Waals surface area contributed by atoms with Crippen molar-refractivity contribution < 1.29 is 8.78 Å². The summed E-state index contributed by atoms with van der Waals surface area (Å²) >= 11 is 11.2. The minimum Gasteiger partial charge on any atom is -0.206 e. The number of nitrogens with zero attached hydrogens (tertiary/aromatic N) is 4. The fourth-order valence-electron chi connectivity index (χ4n) is 1.53. The Labute approximate surface area is 139 Å². The van der Waals surface area contributed by atoms with Crippen molar-refractivity contribution in [2.45, 2.75) is 0 Å². The molecular weight excluding hydrogens is 347 g/mol. The van der Waals surface area contributed by atoms with E-state index in [-0.39, 0.29) is 17.0 Å². The first-order chi connectivity index (χ1) is 11.0. The molecule has 0 saturated heterocycles. The molecule has 23 heavy (non-hydrogen) atoms. The van der Waals surface area contributed by atoms with Crippen LogP contribution < -0.4 is 0 Å². The zero-order chi connectivity index (χ0) is 16.8. The van der Waals surface area contributed by atoms with Crippen LogP contribution in [0.15, 0.2) is 36.4 Å². The van der Waals surface area contributed by atoms with E-state index in [1.165, 1.54) is 36.4 Å². The first-order valence-corrected chi connectivity index (χ1v) is 6.81. The molecule has 116 valence electrons. The number of nitrogens with one attached hydrogen (secondary N) is 1. The molecule has 0 aliphatic rings. The third-order valence-electron chi connectivity index (χ3n) is 2.56. The highest BCUT2D eigenvalue weighted by atomic mass is 35.5. The normalized spacial score (nSPS) is 9.70. The Morgan fingerprint density at radius 3 is 2.22 bits per heavy atom. The third-order valence-corrected chi connectivity index (χ3v) is 3.03. The molecule has 5 nitrogen and oxygen atoms in total. The van der Waals surface area contributed by atoms with E-state index in [4.69, 9.17) is 28.5 Å². The number of benzene rings is 2. The lowest BCUT2D eigenvalue weighted by Gasteiger charge is -1.96. The Bertz CT molecular complexity index is 847. The Morgan fingerprint density at radius 2 is 1.65 bits per heavy atom. The molecule has 0 unspecified atom stereocenters. The summed E-state index contributed by atoms with van der Waals surface area (Å²) in [6.07, 6.45) is 0. The van der Waals surface area contributed by atoms with Crippen molar-refractivity contribution in [3.63, 3.8) is 0 Å². The Kier molecular flexibility index (Phi) is 5.57. The van der Waals surface area contributed by atoms with E-state index in [1.807, 2.05) is 0 Å². The lowest BCUT2D eigenvalue weighted by Crippen LogP contribution is -1.86. The zero-order valence-corrected chi connectivity index (χ0v) is 12.8. The monoisotopic (exact) mass is 353 g/mol. The summed E-state index contributed by atoms with van der Waals surface area (Å²) in [5.41, 5.74) is 0.216. The number of hydrogen-bond acceptors (Lipinski definition) is 4. The van der Waals surface area contributed by atoms with Gasteiger partial charge in [0.2, 0.25) is 5.82 Å². The van der Waals surface area contributed by atoms with E-state index < -0.39 is 11.6 Å². The van der Waals surface area contributed by atoms with Crippen LogP contribution in [0.3, 0.4) is 0 Å². The van der Waals surface area contributed by atoms with Gasteiger partial charge in [0.25, 0.3) is 0 Å². The molecular formula is C14H7Cl2F2N5. The zero-order valence-electron chi connectivity index (χ0n) is 11.3. The molecule has 0 amide bonds. The van der Waals surface area contributed by atoms with Crippen molar-refractivity contribution in [3.8, 4) is 17.5 Å². The Morgan fingerprint density at radius 1 is 1.00 bits per heavy atom. The Hall–Kier alpha value is -2.56. The van der Waals surface area contributed by atoms with E-state index in [2.05, 4.69) is 20.6 Å². The second kappa shape index (κ2) is 7.63. The van der Waals surface area contributed by atoms with Crippen LogP contribution in [0.1, 0.15) is 5.56 Å². The van der Waals surface area contributed by atoms with Crippen LogP contribution >= 0.6 is 23.2 Å². The number of halogens is 4. The molecule has 2 aromatic carbocycles. The van der Waals surface area contributed by atoms with E-state index in [0.717, 1.165) is 0 Å². The molecule has 0 spiro atoms. The highest BCUT2D eigenvalue weighted by Gasteiger charge is 2.09. The van der Waals surface area contributed by atoms with Crippen LogP contribution in [0.2, 0.25) is 10.0 Å². The molecule has 0 aliphatic carbocycles. The molecule has 1 heterocycles. The van der Waals surface area contributed by atoms with Gasteiger partial charge in [0, 0.05) is 10.0 Å². The van der Waals surface area contributed by atoms with E-state index in [1.54, 1.807) is 6.07 Å². The number of H-pyrrole nitrogens is 1. The maximum Gasteiger partial charge on any atom is 0.207 e. The van der Waals surface area contributed by atoms with Crippen molar-refractivity contribution in [1.29, 1.82) is 5.26 Å². The molecule has 0 fully saturated rings. The van der Waals surface area contributed by atoms with Crippen LogP contribution in [0, 0.1) is 23.0 Å². The van der Waals surface area contributed by atoms with Crippen molar-refractivity contribution in [2.75, 3.05) is 0 Å². The molecule has 0 radical (unpaired) electrons. The number of tetrazole rings is 1. The minimum atomic E-state index is -0.535. The lowest BCUT2D eigenvalue weighted by molar-refractivity contribution is 0.624. The minimum absolute atomic E-state index is 0.0208. The molecule has 0 saturated carbocycles. The predicted octanol–water partition coefficient (Wildman–Crippen LogP) is 4.01. The number of aromatic nitrogens is 4. The summed E-state index contributed by atoms with van der Waals surface area (Å²) in [7, 11) is 0. The molecule has 1 aromatic heterocycles.